The summed E-state index contributed by atoms with van der Waals surface area (Å²) in [4.78, 5) is 8.76. The lowest BCUT2D eigenvalue weighted by atomic mass is 10.3. The van der Waals surface area contributed by atoms with Crippen LogP contribution in [0.5, 0.6) is 0 Å². The van der Waals surface area contributed by atoms with Gasteiger partial charge in [-0.15, -0.1) is 0 Å². The van der Waals surface area contributed by atoms with Crippen LogP contribution < -0.4 is 10.6 Å². The molecule has 2 N–H and O–H groups in total. The molecule has 20 heavy (non-hydrogen) atoms. The van der Waals surface area contributed by atoms with Gasteiger partial charge in [-0.1, -0.05) is 6.07 Å². The van der Waals surface area contributed by atoms with Gasteiger partial charge in [0.1, 0.15) is 5.76 Å². The number of pyridine rings is 1. The highest BCUT2D eigenvalue weighted by atomic mass is 16.3. The van der Waals surface area contributed by atoms with Crippen LogP contribution in [0.1, 0.15) is 18.4 Å². The first kappa shape index (κ1) is 14.1. The molecule has 2 heterocycles. The number of nitrogens with zero attached hydrogens (tertiary/aromatic N) is 2. The van der Waals surface area contributed by atoms with E-state index in [2.05, 4.69) is 20.6 Å². The van der Waals surface area contributed by atoms with E-state index >= 15 is 0 Å². The minimum atomic E-state index is 0.566. The molecule has 5 heteroatoms. The van der Waals surface area contributed by atoms with E-state index in [1.165, 1.54) is 0 Å². The number of hydrogen-bond donors (Lipinski definition) is 2. The molecule has 2 rings (SSSR count). The van der Waals surface area contributed by atoms with E-state index in [0.717, 1.165) is 36.9 Å². The molecule has 0 aliphatic rings. The molecule has 0 saturated carbocycles. The van der Waals surface area contributed by atoms with E-state index < -0.39 is 0 Å². The molecule has 0 radical (unpaired) electrons. The number of rotatable bonds is 6. The average molecular weight is 272 g/mol. The average Bonchev–Trinajstić information content (AvgIpc) is 2.99. The third-order valence-corrected chi connectivity index (χ3v) is 2.71. The Hall–Kier alpha value is -2.30. The number of furan rings is 1. The molecular formula is C15H20N4O. The van der Waals surface area contributed by atoms with Gasteiger partial charge in [0.2, 0.25) is 0 Å². The van der Waals surface area contributed by atoms with Gasteiger partial charge in [0.15, 0.2) is 5.96 Å². The second-order valence-electron chi connectivity index (χ2n) is 4.27. The van der Waals surface area contributed by atoms with Gasteiger partial charge >= 0.3 is 0 Å². The van der Waals surface area contributed by atoms with Crippen molar-refractivity contribution >= 4 is 5.96 Å². The molecule has 2 aromatic rings. The summed E-state index contributed by atoms with van der Waals surface area (Å²) in [7, 11) is 0. The largest absolute Gasteiger partial charge is 0.469 e. The summed E-state index contributed by atoms with van der Waals surface area (Å²) in [6.07, 6.45) is 4.30. The Morgan fingerprint density at radius 3 is 2.90 bits per heavy atom. The predicted molar refractivity (Wildman–Crippen MR) is 79.5 cm³/mol. The van der Waals surface area contributed by atoms with Crippen molar-refractivity contribution in [1.82, 2.24) is 15.6 Å². The standard InChI is InChI=1S/C15H20N4O/c1-2-16-15(18-10-8-14-7-5-11-20-14)19-12-13-6-3-4-9-17-13/h3-7,9,11H,2,8,10,12H2,1H3,(H2,16,18,19). The van der Waals surface area contributed by atoms with Crippen LogP contribution in [0.25, 0.3) is 0 Å². The topological polar surface area (TPSA) is 62.5 Å². The van der Waals surface area contributed by atoms with Crippen molar-refractivity contribution in [3.8, 4) is 0 Å². The quantitative estimate of drug-likeness (QED) is 0.623. The fourth-order valence-corrected chi connectivity index (χ4v) is 1.75. The number of guanidine groups is 1. The number of hydrogen-bond acceptors (Lipinski definition) is 3. The van der Waals surface area contributed by atoms with Gasteiger partial charge in [0.05, 0.1) is 18.5 Å². The SMILES string of the molecule is CCNC(=NCc1ccccn1)NCCc1ccco1. The molecule has 0 aliphatic carbocycles. The van der Waals surface area contributed by atoms with Crippen molar-refractivity contribution in [2.75, 3.05) is 13.1 Å². The van der Waals surface area contributed by atoms with Crippen molar-refractivity contribution in [2.45, 2.75) is 19.9 Å². The maximum absolute atomic E-state index is 5.29. The second-order valence-corrected chi connectivity index (χ2v) is 4.27. The molecule has 0 fully saturated rings. The van der Waals surface area contributed by atoms with Gasteiger partial charge < -0.3 is 15.1 Å². The Morgan fingerprint density at radius 1 is 1.25 bits per heavy atom. The maximum atomic E-state index is 5.29. The Kier molecular flexibility index (Phi) is 5.64. The first-order chi connectivity index (χ1) is 9.88. The lowest BCUT2D eigenvalue weighted by Gasteiger charge is -2.10. The van der Waals surface area contributed by atoms with Crippen LogP contribution in [0.3, 0.4) is 0 Å². The molecule has 0 aromatic carbocycles. The molecule has 0 atom stereocenters. The number of nitrogens with one attached hydrogen (secondary N) is 2. The zero-order valence-electron chi connectivity index (χ0n) is 11.7. The van der Waals surface area contributed by atoms with E-state index in [1.807, 2.05) is 37.3 Å². The zero-order valence-corrected chi connectivity index (χ0v) is 11.7. The van der Waals surface area contributed by atoms with Crippen molar-refractivity contribution in [3.63, 3.8) is 0 Å². The summed E-state index contributed by atoms with van der Waals surface area (Å²) in [6, 6.07) is 9.71. The maximum Gasteiger partial charge on any atom is 0.191 e. The Labute approximate surface area is 119 Å². The van der Waals surface area contributed by atoms with Crippen LogP contribution in [0, 0.1) is 0 Å². The molecular weight excluding hydrogens is 252 g/mol. The molecule has 0 unspecified atom stereocenters. The Morgan fingerprint density at radius 2 is 2.20 bits per heavy atom. The van der Waals surface area contributed by atoms with Gasteiger partial charge in [0, 0.05) is 25.7 Å². The fraction of sp³-hybridized carbons (Fsp3) is 0.333. The van der Waals surface area contributed by atoms with Gasteiger partial charge in [-0.2, -0.15) is 0 Å². The number of aromatic nitrogens is 1. The molecule has 0 saturated heterocycles. The summed E-state index contributed by atoms with van der Waals surface area (Å²) < 4.78 is 5.29. The van der Waals surface area contributed by atoms with E-state index in [1.54, 1.807) is 12.5 Å². The van der Waals surface area contributed by atoms with Gasteiger partial charge in [-0.25, -0.2) is 4.99 Å². The van der Waals surface area contributed by atoms with Crippen molar-refractivity contribution in [3.05, 3.63) is 54.2 Å². The minimum absolute atomic E-state index is 0.566. The normalized spacial score (nSPS) is 11.3. The van der Waals surface area contributed by atoms with Crippen LogP contribution in [-0.4, -0.2) is 24.0 Å². The molecule has 5 nitrogen and oxygen atoms in total. The summed E-state index contributed by atoms with van der Waals surface area (Å²) >= 11 is 0. The molecule has 0 bridgehead atoms. The summed E-state index contributed by atoms with van der Waals surface area (Å²) in [5.41, 5.74) is 0.954. The first-order valence-electron chi connectivity index (χ1n) is 6.83. The molecule has 2 aromatic heterocycles. The minimum Gasteiger partial charge on any atom is -0.469 e. The highest BCUT2D eigenvalue weighted by Gasteiger charge is 1.99. The zero-order chi connectivity index (χ0) is 14.0. The van der Waals surface area contributed by atoms with Crippen molar-refractivity contribution < 1.29 is 4.42 Å². The summed E-state index contributed by atoms with van der Waals surface area (Å²) in [5, 5.41) is 6.49. The molecule has 106 valence electrons. The second kappa shape index (κ2) is 7.99. The lowest BCUT2D eigenvalue weighted by Crippen LogP contribution is -2.38. The first-order valence-corrected chi connectivity index (χ1v) is 6.83. The summed E-state index contributed by atoms with van der Waals surface area (Å²) in [5.74, 6) is 1.77. The van der Waals surface area contributed by atoms with Crippen LogP contribution in [0.2, 0.25) is 0 Å². The lowest BCUT2D eigenvalue weighted by molar-refractivity contribution is 0.507. The van der Waals surface area contributed by atoms with Gasteiger partial charge in [-0.3, -0.25) is 4.98 Å². The Balaban J connectivity index is 1.82. The van der Waals surface area contributed by atoms with Gasteiger partial charge in [-0.05, 0) is 31.2 Å². The predicted octanol–water partition coefficient (Wildman–Crippen LogP) is 1.97. The highest BCUT2D eigenvalue weighted by Crippen LogP contribution is 1.99. The Bertz CT molecular complexity index is 508. The third kappa shape index (κ3) is 4.76. The van der Waals surface area contributed by atoms with E-state index in [9.17, 15) is 0 Å². The van der Waals surface area contributed by atoms with E-state index in [4.69, 9.17) is 4.42 Å². The highest BCUT2D eigenvalue weighted by molar-refractivity contribution is 5.79. The van der Waals surface area contributed by atoms with Crippen LogP contribution in [-0.2, 0) is 13.0 Å². The van der Waals surface area contributed by atoms with E-state index in [-0.39, 0.29) is 0 Å². The molecule has 0 spiro atoms. The molecule has 0 aliphatic heterocycles. The molecule has 0 amide bonds. The summed E-state index contributed by atoms with van der Waals surface area (Å²) in [6.45, 7) is 4.22. The van der Waals surface area contributed by atoms with Crippen molar-refractivity contribution in [2.24, 2.45) is 4.99 Å². The van der Waals surface area contributed by atoms with Gasteiger partial charge in [0.25, 0.3) is 0 Å². The van der Waals surface area contributed by atoms with E-state index in [0.29, 0.717) is 6.54 Å². The number of aliphatic imine (C=N–C) groups is 1. The van der Waals surface area contributed by atoms with Crippen molar-refractivity contribution in [1.29, 1.82) is 0 Å². The van der Waals surface area contributed by atoms with Crippen LogP contribution in [0.4, 0.5) is 0 Å². The smallest absolute Gasteiger partial charge is 0.191 e. The van der Waals surface area contributed by atoms with Crippen LogP contribution in [0.15, 0.2) is 52.2 Å². The third-order valence-electron chi connectivity index (χ3n) is 2.71. The van der Waals surface area contributed by atoms with Crippen LogP contribution >= 0.6 is 0 Å². The fourth-order valence-electron chi connectivity index (χ4n) is 1.75. The monoisotopic (exact) mass is 272 g/mol.